The quantitative estimate of drug-likeness (QED) is 0.793. The number of urea groups is 1. The van der Waals surface area contributed by atoms with E-state index in [-0.39, 0.29) is 5.56 Å². The summed E-state index contributed by atoms with van der Waals surface area (Å²) in [6.07, 6.45) is 5.75. The maximum Gasteiger partial charge on any atom is 0.337 e. The Balaban J connectivity index is 2.04. The number of carboxylic acid groups (broad SMARTS) is 1. The van der Waals surface area contributed by atoms with E-state index in [4.69, 9.17) is 5.11 Å². The molecular weight excluding hydrogens is 260 g/mol. The molecule has 102 valence electrons. The third-order valence-electron chi connectivity index (χ3n) is 2.38. The molecule has 2 heterocycles. The van der Waals surface area contributed by atoms with E-state index in [9.17, 15) is 9.59 Å². The predicted molar refractivity (Wildman–Crippen MR) is 72.8 cm³/mol. The molecule has 0 aliphatic heterocycles. The summed E-state index contributed by atoms with van der Waals surface area (Å²) in [5.41, 5.74) is 1.75. The molecule has 0 radical (unpaired) electrons. The SMILES string of the molecule is Cc1cncc(NC(=O)Nc2cncc(C(=O)O)c2)c1. The van der Waals surface area contributed by atoms with Gasteiger partial charge in [0.2, 0.25) is 0 Å². The molecule has 2 aromatic rings. The van der Waals surface area contributed by atoms with Gasteiger partial charge in [-0.2, -0.15) is 0 Å². The highest BCUT2D eigenvalue weighted by atomic mass is 16.4. The molecule has 3 N–H and O–H groups in total. The number of nitrogens with zero attached hydrogens (tertiary/aromatic N) is 2. The molecule has 0 bridgehead atoms. The standard InChI is InChI=1S/C13H12N4O3/c1-8-2-10(6-14-4-8)16-13(20)17-11-3-9(12(18)19)5-15-7-11/h2-7H,1H3,(H,18,19)(H2,16,17,20). The van der Waals surface area contributed by atoms with Crippen LogP contribution in [0.1, 0.15) is 15.9 Å². The minimum Gasteiger partial charge on any atom is -0.478 e. The molecule has 0 atom stereocenters. The van der Waals surface area contributed by atoms with Crippen LogP contribution in [0.5, 0.6) is 0 Å². The van der Waals surface area contributed by atoms with Crippen LogP contribution >= 0.6 is 0 Å². The topological polar surface area (TPSA) is 104 Å². The minimum atomic E-state index is -1.11. The van der Waals surface area contributed by atoms with E-state index in [0.717, 1.165) is 5.56 Å². The van der Waals surface area contributed by atoms with Crippen molar-refractivity contribution in [3.05, 3.63) is 48.0 Å². The number of anilines is 2. The molecule has 7 heteroatoms. The smallest absolute Gasteiger partial charge is 0.337 e. The van der Waals surface area contributed by atoms with Gasteiger partial charge in [-0.3, -0.25) is 9.97 Å². The lowest BCUT2D eigenvalue weighted by molar-refractivity contribution is 0.0696. The van der Waals surface area contributed by atoms with E-state index in [1.165, 1.54) is 24.7 Å². The molecule has 0 fully saturated rings. The van der Waals surface area contributed by atoms with Crippen LogP contribution in [0, 0.1) is 6.92 Å². The summed E-state index contributed by atoms with van der Waals surface area (Å²) in [6.45, 7) is 1.86. The van der Waals surface area contributed by atoms with Crippen LogP contribution < -0.4 is 10.6 Å². The summed E-state index contributed by atoms with van der Waals surface area (Å²) >= 11 is 0. The van der Waals surface area contributed by atoms with Crippen LogP contribution in [-0.2, 0) is 0 Å². The Labute approximate surface area is 114 Å². The second-order valence-corrected chi connectivity index (χ2v) is 4.10. The Kier molecular flexibility index (Phi) is 3.90. The zero-order chi connectivity index (χ0) is 14.5. The van der Waals surface area contributed by atoms with Crippen LogP contribution in [0.3, 0.4) is 0 Å². The van der Waals surface area contributed by atoms with Gasteiger partial charge in [0.1, 0.15) is 0 Å². The van der Waals surface area contributed by atoms with E-state index in [2.05, 4.69) is 20.6 Å². The first-order valence-corrected chi connectivity index (χ1v) is 5.72. The first-order chi connectivity index (χ1) is 9.54. The monoisotopic (exact) mass is 272 g/mol. The molecule has 2 rings (SSSR count). The Bertz CT molecular complexity index is 658. The van der Waals surface area contributed by atoms with Gasteiger partial charge in [-0.1, -0.05) is 0 Å². The van der Waals surface area contributed by atoms with Crippen LogP contribution in [-0.4, -0.2) is 27.1 Å². The van der Waals surface area contributed by atoms with Gasteiger partial charge in [0, 0.05) is 12.4 Å². The molecule has 20 heavy (non-hydrogen) atoms. The summed E-state index contributed by atoms with van der Waals surface area (Å²) in [6, 6.07) is 2.59. The van der Waals surface area contributed by atoms with Gasteiger partial charge in [0.05, 0.1) is 29.3 Å². The van der Waals surface area contributed by atoms with Crippen molar-refractivity contribution in [2.75, 3.05) is 10.6 Å². The second-order valence-electron chi connectivity index (χ2n) is 4.10. The highest BCUT2D eigenvalue weighted by molar-refractivity contribution is 6.00. The molecule has 0 aliphatic rings. The lowest BCUT2D eigenvalue weighted by atomic mass is 10.2. The van der Waals surface area contributed by atoms with Crippen molar-refractivity contribution < 1.29 is 14.7 Å². The lowest BCUT2D eigenvalue weighted by Crippen LogP contribution is -2.20. The van der Waals surface area contributed by atoms with Crippen LogP contribution in [0.15, 0.2) is 36.9 Å². The summed E-state index contributed by atoms with van der Waals surface area (Å²) in [5, 5.41) is 13.9. The number of carboxylic acids is 1. The van der Waals surface area contributed by atoms with Gasteiger partial charge < -0.3 is 15.7 Å². The number of hydrogen-bond donors (Lipinski definition) is 3. The molecule has 0 unspecified atom stereocenters. The van der Waals surface area contributed by atoms with Crippen molar-refractivity contribution >= 4 is 23.4 Å². The summed E-state index contributed by atoms with van der Waals surface area (Å²) in [7, 11) is 0. The van der Waals surface area contributed by atoms with E-state index in [0.29, 0.717) is 11.4 Å². The highest BCUT2D eigenvalue weighted by Gasteiger charge is 2.07. The van der Waals surface area contributed by atoms with Crippen molar-refractivity contribution in [1.29, 1.82) is 0 Å². The van der Waals surface area contributed by atoms with E-state index in [1.807, 2.05) is 6.92 Å². The fraction of sp³-hybridized carbons (Fsp3) is 0.0769. The lowest BCUT2D eigenvalue weighted by Gasteiger charge is -2.07. The number of aryl methyl sites for hydroxylation is 1. The number of amides is 2. The Morgan fingerprint density at radius 1 is 1.00 bits per heavy atom. The molecule has 0 saturated carbocycles. The number of aromatic carboxylic acids is 1. The average Bonchev–Trinajstić information content (AvgIpc) is 2.38. The highest BCUT2D eigenvalue weighted by Crippen LogP contribution is 2.11. The van der Waals surface area contributed by atoms with Crippen molar-refractivity contribution in [2.24, 2.45) is 0 Å². The largest absolute Gasteiger partial charge is 0.478 e. The van der Waals surface area contributed by atoms with Gasteiger partial charge in [0.25, 0.3) is 0 Å². The predicted octanol–water partition coefficient (Wildman–Crippen LogP) is 2.13. The molecule has 0 spiro atoms. The number of carbonyl (C=O) groups excluding carboxylic acids is 1. The number of pyridine rings is 2. The second kappa shape index (κ2) is 5.79. The van der Waals surface area contributed by atoms with E-state index in [1.54, 1.807) is 12.3 Å². The van der Waals surface area contributed by atoms with E-state index < -0.39 is 12.0 Å². The first-order valence-electron chi connectivity index (χ1n) is 5.72. The van der Waals surface area contributed by atoms with Gasteiger partial charge in [-0.25, -0.2) is 9.59 Å². The third kappa shape index (κ3) is 3.52. The number of carbonyl (C=O) groups is 2. The minimum absolute atomic E-state index is 0.0000206. The van der Waals surface area contributed by atoms with Gasteiger partial charge in [-0.05, 0) is 24.6 Å². The summed E-state index contributed by atoms with van der Waals surface area (Å²) in [4.78, 5) is 30.2. The van der Waals surface area contributed by atoms with Gasteiger partial charge in [0.15, 0.2) is 0 Å². The number of rotatable bonds is 3. The number of hydrogen-bond acceptors (Lipinski definition) is 4. The van der Waals surface area contributed by atoms with Crippen molar-refractivity contribution in [1.82, 2.24) is 9.97 Å². The maximum atomic E-state index is 11.7. The maximum absolute atomic E-state index is 11.7. The molecule has 2 amide bonds. The normalized spacial score (nSPS) is 9.85. The Hall–Kier alpha value is -2.96. The fourth-order valence-electron chi connectivity index (χ4n) is 1.54. The molecular formula is C13H12N4O3. The van der Waals surface area contributed by atoms with Gasteiger partial charge in [-0.15, -0.1) is 0 Å². The molecule has 2 aromatic heterocycles. The third-order valence-corrected chi connectivity index (χ3v) is 2.38. The first kappa shape index (κ1) is 13.5. The van der Waals surface area contributed by atoms with Crippen LogP contribution in [0.4, 0.5) is 16.2 Å². The summed E-state index contributed by atoms with van der Waals surface area (Å²) in [5.74, 6) is -1.11. The number of nitrogens with one attached hydrogen (secondary N) is 2. The van der Waals surface area contributed by atoms with Gasteiger partial charge >= 0.3 is 12.0 Å². The Morgan fingerprint density at radius 3 is 2.20 bits per heavy atom. The molecule has 0 aromatic carbocycles. The Morgan fingerprint density at radius 2 is 1.60 bits per heavy atom. The zero-order valence-electron chi connectivity index (χ0n) is 10.6. The molecule has 7 nitrogen and oxygen atoms in total. The zero-order valence-corrected chi connectivity index (χ0v) is 10.6. The number of aromatic nitrogens is 2. The van der Waals surface area contributed by atoms with Crippen molar-refractivity contribution in [3.8, 4) is 0 Å². The molecule has 0 aliphatic carbocycles. The summed E-state index contributed by atoms with van der Waals surface area (Å²) < 4.78 is 0. The van der Waals surface area contributed by atoms with E-state index >= 15 is 0 Å². The van der Waals surface area contributed by atoms with Crippen LogP contribution in [0.2, 0.25) is 0 Å². The molecule has 0 saturated heterocycles. The van der Waals surface area contributed by atoms with Crippen molar-refractivity contribution in [2.45, 2.75) is 6.92 Å². The average molecular weight is 272 g/mol. The van der Waals surface area contributed by atoms with Crippen molar-refractivity contribution in [3.63, 3.8) is 0 Å². The van der Waals surface area contributed by atoms with Crippen LogP contribution in [0.25, 0.3) is 0 Å². The fourth-order valence-corrected chi connectivity index (χ4v) is 1.54.